The van der Waals surface area contributed by atoms with Crippen molar-refractivity contribution in [2.45, 2.75) is 24.7 Å². The summed E-state index contributed by atoms with van der Waals surface area (Å²) in [6.07, 6.45) is 2.57. The molecule has 1 aromatic rings. The highest BCUT2D eigenvalue weighted by molar-refractivity contribution is 14.1. The number of rotatable bonds is 4. The van der Waals surface area contributed by atoms with Gasteiger partial charge in [0.05, 0.1) is 0 Å². The van der Waals surface area contributed by atoms with Gasteiger partial charge >= 0.3 is 0 Å². The molecule has 0 heterocycles. The minimum Gasteiger partial charge on any atom is -0.124 e. The Labute approximate surface area is 92.3 Å². The van der Waals surface area contributed by atoms with Gasteiger partial charge in [0.1, 0.15) is 0 Å². The largest absolute Gasteiger partial charge is 0.124 e. The fraction of sp³-hybridized carbons (Fsp3) is 0.400. The molecule has 2 heteroatoms. The minimum absolute atomic E-state index is 1.22. The van der Waals surface area contributed by atoms with E-state index in [2.05, 4.69) is 41.6 Å². The molecule has 0 fully saturated rings. The van der Waals surface area contributed by atoms with Crippen LogP contribution in [0.3, 0.4) is 0 Å². The molecule has 0 bridgehead atoms. The molecule has 0 aliphatic heterocycles. The van der Waals surface area contributed by atoms with Crippen LogP contribution in [0.25, 0.3) is 0 Å². The number of thioether (sulfide) groups is 1. The SMILES string of the molecule is CCCCSc1[c]cccc1I. The summed E-state index contributed by atoms with van der Waals surface area (Å²) in [6, 6.07) is 9.40. The Balaban J connectivity index is 2.46. The van der Waals surface area contributed by atoms with Crippen molar-refractivity contribution in [1.82, 2.24) is 0 Å². The number of hydrogen-bond acceptors (Lipinski definition) is 1. The third kappa shape index (κ3) is 3.35. The molecule has 0 aliphatic carbocycles. The van der Waals surface area contributed by atoms with Gasteiger partial charge in [-0.25, -0.2) is 0 Å². The molecule has 1 rings (SSSR count). The normalized spacial score (nSPS) is 10.2. The van der Waals surface area contributed by atoms with E-state index in [4.69, 9.17) is 0 Å². The second-order valence-corrected chi connectivity index (χ2v) is 4.82. The van der Waals surface area contributed by atoms with Gasteiger partial charge in [-0.3, -0.25) is 0 Å². The first-order valence-corrected chi connectivity index (χ1v) is 6.20. The molecule has 12 heavy (non-hydrogen) atoms. The van der Waals surface area contributed by atoms with Crippen LogP contribution in [0.4, 0.5) is 0 Å². The Kier molecular flexibility index (Phi) is 5.07. The molecule has 1 aromatic carbocycles. The molecule has 1 radical (unpaired) electrons. The third-order valence-corrected chi connectivity index (χ3v) is 3.90. The summed E-state index contributed by atoms with van der Waals surface area (Å²) in [5.74, 6) is 1.22. The molecule has 0 N–H and O–H groups in total. The van der Waals surface area contributed by atoms with E-state index in [9.17, 15) is 0 Å². The number of unbranched alkanes of at least 4 members (excludes halogenated alkanes) is 1. The zero-order valence-corrected chi connectivity index (χ0v) is 10.1. The Morgan fingerprint density at radius 1 is 1.58 bits per heavy atom. The lowest BCUT2D eigenvalue weighted by Crippen LogP contribution is -1.81. The van der Waals surface area contributed by atoms with Gasteiger partial charge in [-0.05, 0) is 46.9 Å². The molecular formula is C10H12IS. The van der Waals surface area contributed by atoms with Crippen molar-refractivity contribution in [1.29, 1.82) is 0 Å². The average Bonchev–Trinajstić information content (AvgIpc) is 2.09. The number of hydrogen-bond donors (Lipinski definition) is 0. The van der Waals surface area contributed by atoms with Gasteiger partial charge in [0.2, 0.25) is 0 Å². The maximum atomic E-state index is 3.25. The summed E-state index contributed by atoms with van der Waals surface area (Å²) in [6.45, 7) is 2.22. The molecular weight excluding hydrogens is 279 g/mol. The van der Waals surface area contributed by atoms with Crippen molar-refractivity contribution in [2.75, 3.05) is 5.75 Å². The zero-order chi connectivity index (χ0) is 8.81. The molecule has 0 aliphatic rings. The number of benzene rings is 1. The summed E-state index contributed by atoms with van der Waals surface area (Å²) in [4.78, 5) is 1.30. The van der Waals surface area contributed by atoms with Crippen LogP contribution in [-0.4, -0.2) is 5.75 Å². The predicted octanol–water partition coefficient (Wildman–Crippen LogP) is 3.98. The van der Waals surface area contributed by atoms with Crippen LogP contribution >= 0.6 is 34.4 Å². The van der Waals surface area contributed by atoms with Crippen molar-refractivity contribution < 1.29 is 0 Å². The van der Waals surface area contributed by atoms with Crippen molar-refractivity contribution in [2.24, 2.45) is 0 Å². The Bertz CT molecular complexity index is 235. The van der Waals surface area contributed by atoms with Crippen molar-refractivity contribution in [3.8, 4) is 0 Å². The highest BCUT2D eigenvalue weighted by Crippen LogP contribution is 2.23. The molecule has 0 amide bonds. The summed E-state index contributed by atoms with van der Waals surface area (Å²) >= 11 is 4.27. The topological polar surface area (TPSA) is 0 Å². The van der Waals surface area contributed by atoms with Crippen LogP contribution in [0.5, 0.6) is 0 Å². The highest BCUT2D eigenvalue weighted by atomic mass is 127. The van der Waals surface area contributed by atoms with E-state index in [1.165, 1.54) is 27.1 Å². The van der Waals surface area contributed by atoms with E-state index >= 15 is 0 Å². The van der Waals surface area contributed by atoms with Crippen LogP contribution in [0, 0.1) is 9.64 Å². The van der Waals surface area contributed by atoms with Crippen LogP contribution in [-0.2, 0) is 0 Å². The maximum absolute atomic E-state index is 3.25. The first kappa shape index (κ1) is 10.4. The van der Waals surface area contributed by atoms with E-state index in [1.54, 1.807) is 0 Å². The smallest absolute Gasteiger partial charge is 0.0284 e. The zero-order valence-electron chi connectivity index (χ0n) is 7.14. The average molecular weight is 291 g/mol. The van der Waals surface area contributed by atoms with Gasteiger partial charge in [-0.15, -0.1) is 11.8 Å². The third-order valence-electron chi connectivity index (χ3n) is 1.51. The van der Waals surface area contributed by atoms with Crippen molar-refractivity contribution >= 4 is 34.4 Å². The minimum atomic E-state index is 1.22. The molecule has 0 atom stereocenters. The first-order chi connectivity index (χ1) is 5.84. The predicted molar refractivity (Wildman–Crippen MR) is 63.6 cm³/mol. The van der Waals surface area contributed by atoms with E-state index in [0.717, 1.165) is 0 Å². The fourth-order valence-corrected chi connectivity index (χ4v) is 2.66. The van der Waals surface area contributed by atoms with Gasteiger partial charge in [0.15, 0.2) is 0 Å². The van der Waals surface area contributed by atoms with Gasteiger partial charge in [0, 0.05) is 8.47 Å². The monoisotopic (exact) mass is 291 g/mol. The Hall–Kier alpha value is 0.300. The lowest BCUT2D eigenvalue weighted by Gasteiger charge is -2.01. The molecule has 0 saturated carbocycles. The summed E-state index contributed by atoms with van der Waals surface area (Å²) in [7, 11) is 0. The maximum Gasteiger partial charge on any atom is 0.0284 e. The number of halogens is 1. The Morgan fingerprint density at radius 2 is 2.42 bits per heavy atom. The summed E-state index contributed by atoms with van der Waals surface area (Å²) in [5, 5.41) is 0. The van der Waals surface area contributed by atoms with E-state index in [0.29, 0.717) is 0 Å². The summed E-state index contributed by atoms with van der Waals surface area (Å²) < 4.78 is 1.32. The van der Waals surface area contributed by atoms with E-state index in [-0.39, 0.29) is 0 Å². The van der Waals surface area contributed by atoms with Crippen molar-refractivity contribution in [3.05, 3.63) is 27.8 Å². The van der Waals surface area contributed by atoms with E-state index in [1.807, 2.05) is 23.9 Å². The molecule has 0 unspecified atom stereocenters. The second kappa shape index (κ2) is 5.86. The van der Waals surface area contributed by atoms with Crippen LogP contribution in [0.2, 0.25) is 0 Å². The van der Waals surface area contributed by atoms with Gasteiger partial charge in [-0.2, -0.15) is 0 Å². The lowest BCUT2D eigenvalue weighted by atomic mass is 10.4. The Morgan fingerprint density at radius 3 is 3.08 bits per heavy atom. The molecule has 0 spiro atoms. The first-order valence-electron chi connectivity index (χ1n) is 4.13. The van der Waals surface area contributed by atoms with Crippen molar-refractivity contribution in [3.63, 3.8) is 0 Å². The fourth-order valence-electron chi connectivity index (χ4n) is 0.830. The van der Waals surface area contributed by atoms with Gasteiger partial charge in [-0.1, -0.05) is 25.5 Å². The lowest BCUT2D eigenvalue weighted by molar-refractivity contribution is 0.896. The van der Waals surface area contributed by atoms with Gasteiger partial charge in [0.25, 0.3) is 0 Å². The quantitative estimate of drug-likeness (QED) is 0.459. The molecule has 65 valence electrons. The summed E-state index contributed by atoms with van der Waals surface area (Å²) in [5.41, 5.74) is 0. The standard InChI is InChI=1S/C10H12IS/c1-2-3-8-12-10-7-5-4-6-9(10)11/h4-6H,2-3,8H2,1H3. The molecule has 0 saturated heterocycles. The van der Waals surface area contributed by atoms with Crippen LogP contribution < -0.4 is 0 Å². The molecule has 0 nitrogen and oxygen atoms in total. The van der Waals surface area contributed by atoms with Gasteiger partial charge < -0.3 is 0 Å². The highest BCUT2D eigenvalue weighted by Gasteiger charge is 1.97. The van der Waals surface area contributed by atoms with E-state index < -0.39 is 0 Å². The van der Waals surface area contributed by atoms with Crippen LogP contribution in [0.15, 0.2) is 23.1 Å². The second-order valence-electron chi connectivity index (χ2n) is 2.55. The molecule has 0 aromatic heterocycles. The van der Waals surface area contributed by atoms with Crippen LogP contribution in [0.1, 0.15) is 19.8 Å².